The number of methoxy groups -OCH3 is 3. The van der Waals surface area contributed by atoms with Gasteiger partial charge in [-0.3, -0.25) is 4.79 Å². The molecule has 0 atom stereocenters. The van der Waals surface area contributed by atoms with Crippen LogP contribution in [0, 0.1) is 0 Å². The molecule has 8 nitrogen and oxygen atoms in total. The highest BCUT2D eigenvalue weighted by molar-refractivity contribution is 5.95. The molecule has 1 N–H and O–H groups in total. The number of hydrogen-bond donors (Lipinski definition) is 1. The molecule has 0 fully saturated rings. The van der Waals surface area contributed by atoms with E-state index >= 15 is 0 Å². The van der Waals surface area contributed by atoms with Crippen LogP contribution in [0.5, 0.6) is 23.0 Å². The van der Waals surface area contributed by atoms with Gasteiger partial charge in [-0.2, -0.15) is 0 Å². The van der Waals surface area contributed by atoms with Gasteiger partial charge in [0.25, 0.3) is 5.91 Å². The number of amides is 1. The van der Waals surface area contributed by atoms with Crippen molar-refractivity contribution in [3.8, 4) is 23.0 Å². The van der Waals surface area contributed by atoms with Gasteiger partial charge in [-0.15, -0.1) is 0 Å². The molecule has 37 heavy (non-hydrogen) atoms. The number of fused-ring (bicyclic) bond motifs is 1. The smallest absolute Gasteiger partial charge is 0.251 e. The Morgan fingerprint density at radius 3 is 2.27 bits per heavy atom. The van der Waals surface area contributed by atoms with Gasteiger partial charge in [0, 0.05) is 5.56 Å². The van der Waals surface area contributed by atoms with Crippen molar-refractivity contribution in [2.45, 2.75) is 32.9 Å². The molecule has 4 rings (SSSR count). The number of aromatic nitrogens is 2. The molecule has 8 heteroatoms. The van der Waals surface area contributed by atoms with Crippen LogP contribution in [0.15, 0.2) is 60.7 Å². The normalized spacial score (nSPS) is 11.0. The summed E-state index contributed by atoms with van der Waals surface area (Å²) in [6.07, 6.45) is 0. The highest BCUT2D eigenvalue weighted by Crippen LogP contribution is 2.38. The summed E-state index contributed by atoms with van der Waals surface area (Å²) in [5.41, 5.74) is 3.42. The van der Waals surface area contributed by atoms with Crippen LogP contribution in [0.1, 0.15) is 41.5 Å². The average molecular weight is 504 g/mol. The Labute approximate surface area is 217 Å². The van der Waals surface area contributed by atoms with E-state index in [4.69, 9.17) is 23.9 Å². The van der Waals surface area contributed by atoms with Crippen molar-refractivity contribution < 1.29 is 23.7 Å². The van der Waals surface area contributed by atoms with Crippen LogP contribution in [0.3, 0.4) is 0 Å². The number of benzene rings is 3. The van der Waals surface area contributed by atoms with Crippen LogP contribution in [0.25, 0.3) is 11.0 Å². The van der Waals surface area contributed by atoms with Crippen LogP contribution in [0.4, 0.5) is 0 Å². The highest BCUT2D eigenvalue weighted by atomic mass is 16.5. The third-order valence-electron chi connectivity index (χ3n) is 6.18. The van der Waals surface area contributed by atoms with Gasteiger partial charge in [0.15, 0.2) is 11.5 Å². The Hall–Kier alpha value is -4.20. The molecule has 1 amide bonds. The number of hydrogen-bond acceptors (Lipinski definition) is 6. The second-order valence-electron chi connectivity index (χ2n) is 8.81. The van der Waals surface area contributed by atoms with Crippen LogP contribution >= 0.6 is 0 Å². The molecule has 4 aromatic rings. The third-order valence-corrected chi connectivity index (χ3v) is 6.18. The Morgan fingerprint density at radius 2 is 1.59 bits per heavy atom. The van der Waals surface area contributed by atoms with Crippen molar-refractivity contribution in [1.29, 1.82) is 0 Å². The zero-order chi connectivity index (χ0) is 26.4. The van der Waals surface area contributed by atoms with Crippen LogP contribution in [0.2, 0.25) is 0 Å². The molecule has 1 aromatic heterocycles. The molecule has 0 saturated heterocycles. The van der Waals surface area contributed by atoms with Crippen molar-refractivity contribution in [2.75, 3.05) is 27.9 Å². The molecule has 0 spiro atoms. The zero-order valence-corrected chi connectivity index (χ0v) is 21.9. The lowest BCUT2D eigenvalue weighted by Crippen LogP contribution is -2.25. The van der Waals surface area contributed by atoms with E-state index in [1.165, 1.54) is 26.9 Å². The predicted molar refractivity (Wildman–Crippen MR) is 143 cm³/mol. The number of nitrogens with zero attached hydrogens (tertiary/aromatic N) is 2. The lowest BCUT2D eigenvalue weighted by molar-refractivity contribution is 0.0948. The summed E-state index contributed by atoms with van der Waals surface area (Å²) in [7, 11) is 4.56. The van der Waals surface area contributed by atoms with Gasteiger partial charge >= 0.3 is 0 Å². The SMILES string of the molecule is COc1cc(C(=O)NCc2nc3ccccc3n2CCOc2ccccc2C(C)C)cc(OC)c1OC. The van der Waals surface area contributed by atoms with E-state index in [1.54, 1.807) is 12.1 Å². The minimum Gasteiger partial charge on any atom is -0.493 e. The van der Waals surface area contributed by atoms with E-state index < -0.39 is 0 Å². The first-order chi connectivity index (χ1) is 18.0. The van der Waals surface area contributed by atoms with E-state index in [1.807, 2.05) is 42.5 Å². The quantitative estimate of drug-likeness (QED) is 0.303. The number of imidazole rings is 1. The summed E-state index contributed by atoms with van der Waals surface area (Å²) >= 11 is 0. The van der Waals surface area contributed by atoms with E-state index in [-0.39, 0.29) is 12.5 Å². The van der Waals surface area contributed by atoms with Gasteiger partial charge in [0.1, 0.15) is 18.2 Å². The minimum atomic E-state index is -0.278. The Balaban J connectivity index is 1.52. The number of ether oxygens (including phenoxy) is 4. The molecule has 0 saturated carbocycles. The van der Waals surface area contributed by atoms with Gasteiger partial charge in [0.05, 0.1) is 45.5 Å². The maximum atomic E-state index is 13.1. The van der Waals surface area contributed by atoms with E-state index in [0.29, 0.717) is 41.9 Å². The molecule has 0 aliphatic carbocycles. The summed E-state index contributed by atoms with van der Waals surface area (Å²) in [4.78, 5) is 17.8. The summed E-state index contributed by atoms with van der Waals surface area (Å²) in [5, 5.41) is 2.97. The Bertz CT molecular complexity index is 1350. The minimum absolute atomic E-state index is 0.243. The second kappa shape index (κ2) is 11.7. The number of nitrogens with one attached hydrogen (secondary N) is 1. The third kappa shape index (κ3) is 5.63. The van der Waals surface area contributed by atoms with E-state index in [9.17, 15) is 4.79 Å². The van der Waals surface area contributed by atoms with Crippen molar-refractivity contribution in [3.63, 3.8) is 0 Å². The summed E-state index contributed by atoms with van der Waals surface area (Å²) < 4.78 is 24.4. The van der Waals surface area contributed by atoms with Crippen LogP contribution in [-0.2, 0) is 13.1 Å². The fraction of sp³-hybridized carbons (Fsp3) is 0.310. The van der Waals surface area contributed by atoms with Crippen molar-refractivity contribution >= 4 is 16.9 Å². The van der Waals surface area contributed by atoms with Gasteiger partial charge in [-0.25, -0.2) is 4.98 Å². The molecule has 194 valence electrons. The first-order valence-electron chi connectivity index (χ1n) is 12.2. The monoisotopic (exact) mass is 503 g/mol. The van der Waals surface area contributed by atoms with Crippen molar-refractivity contribution in [1.82, 2.24) is 14.9 Å². The Kier molecular flexibility index (Phi) is 8.18. The summed E-state index contributed by atoms with van der Waals surface area (Å²) in [6, 6.07) is 19.3. The molecule has 0 aliphatic rings. The first kappa shape index (κ1) is 25.9. The first-order valence-corrected chi connectivity index (χ1v) is 12.2. The fourth-order valence-corrected chi connectivity index (χ4v) is 4.32. The lowest BCUT2D eigenvalue weighted by atomic mass is 10.0. The molecule has 3 aromatic carbocycles. The molecule has 0 unspecified atom stereocenters. The number of carbonyl (C=O) groups excluding carboxylic acids is 1. The maximum Gasteiger partial charge on any atom is 0.251 e. The maximum absolute atomic E-state index is 13.1. The Morgan fingerprint density at radius 1 is 0.919 bits per heavy atom. The van der Waals surface area contributed by atoms with Gasteiger partial charge in [-0.1, -0.05) is 44.2 Å². The predicted octanol–water partition coefficient (Wildman–Crippen LogP) is 5.19. The van der Waals surface area contributed by atoms with Gasteiger partial charge in [0.2, 0.25) is 5.75 Å². The summed E-state index contributed by atoms with van der Waals surface area (Å²) in [5.74, 6) is 2.98. The molecule has 1 heterocycles. The second-order valence-corrected chi connectivity index (χ2v) is 8.81. The summed E-state index contributed by atoms with van der Waals surface area (Å²) in [6.45, 7) is 5.60. The number of rotatable bonds is 11. The zero-order valence-electron chi connectivity index (χ0n) is 21.9. The standard InChI is InChI=1S/C29H33N3O5/c1-19(2)21-10-6-9-13-24(21)37-15-14-32-23-12-8-7-11-22(23)31-27(32)18-30-29(33)20-16-25(34-3)28(36-5)26(17-20)35-4/h6-13,16-17,19H,14-15,18H2,1-5H3,(H,30,33). The van der Waals surface area contributed by atoms with Crippen LogP contribution in [-0.4, -0.2) is 43.4 Å². The molecular weight excluding hydrogens is 470 g/mol. The molecule has 0 radical (unpaired) electrons. The van der Waals surface area contributed by atoms with Crippen LogP contribution < -0.4 is 24.3 Å². The van der Waals surface area contributed by atoms with Gasteiger partial charge in [-0.05, 0) is 41.8 Å². The van der Waals surface area contributed by atoms with E-state index in [0.717, 1.165) is 22.6 Å². The van der Waals surface area contributed by atoms with Gasteiger partial charge < -0.3 is 28.8 Å². The highest BCUT2D eigenvalue weighted by Gasteiger charge is 2.18. The largest absolute Gasteiger partial charge is 0.493 e. The fourth-order valence-electron chi connectivity index (χ4n) is 4.32. The molecule has 0 bridgehead atoms. The van der Waals surface area contributed by atoms with E-state index in [2.05, 4.69) is 29.8 Å². The topological polar surface area (TPSA) is 83.8 Å². The number of carbonyl (C=O) groups is 1. The average Bonchev–Trinajstić information content (AvgIpc) is 3.28. The van der Waals surface area contributed by atoms with Crippen molar-refractivity contribution in [3.05, 3.63) is 77.6 Å². The molecule has 0 aliphatic heterocycles. The lowest BCUT2D eigenvalue weighted by Gasteiger charge is -2.16. The number of para-hydroxylation sites is 3. The molecular formula is C29H33N3O5. The van der Waals surface area contributed by atoms with Crippen molar-refractivity contribution in [2.24, 2.45) is 0 Å².